The number of hydrogen-bond acceptors (Lipinski definition) is 6. The molecule has 0 aliphatic rings. The van der Waals surface area contributed by atoms with E-state index < -0.39 is 6.10 Å². The average molecular weight is 1010 g/mol. The molecular formula is C66H116O6. The fourth-order valence-electron chi connectivity index (χ4n) is 8.75. The molecule has 0 aromatic heterocycles. The Kier molecular flexibility index (Phi) is 57.8. The first-order valence-corrected chi connectivity index (χ1v) is 30.9. The molecule has 0 aliphatic heterocycles. The van der Waals surface area contributed by atoms with Gasteiger partial charge in [0.2, 0.25) is 0 Å². The Morgan fingerprint density at radius 3 is 0.806 bits per heavy atom. The molecule has 72 heavy (non-hydrogen) atoms. The van der Waals surface area contributed by atoms with Crippen molar-refractivity contribution in [2.24, 2.45) is 0 Å². The maximum absolute atomic E-state index is 12.9. The second kappa shape index (κ2) is 60.4. The molecular weight excluding hydrogens is 889 g/mol. The van der Waals surface area contributed by atoms with E-state index in [4.69, 9.17) is 14.2 Å². The molecule has 0 fully saturated rings. The van der Waals surface area contributed by atoms with E-state index in [0.29, 0.717) is 19.3 Å². The molecule has 0 spiro atoms. The lowest BCUT2D eigenvalue weighted by atomic mass is 10.1. The van der Waals surface area contributed by atoms with E-state index in [2.05, 4.69) is 93.7 Å². The van der Waals surface area contributed by atoms with Crippen LogP contribution in [0, 0.1) is 0 Å². The Morgan fingerprint density at radius 1 is 0.278 bits per heavy atom. The maximum atomic E-state index is 12.9. The molecule has 0 bridgehead atoms. The number of esters is 3. The van der Waals surface area contributed by atoms with Crippen LogP contribution in [0.25, 0.3) is 0 Å². The highest BCUT2D eigenvalue weighted by atomic mass is 16.6. The van der Waals surface area contributed by atoms with Gasteiger partial charge in [0.05, 0.1) is 0 Å². The highest BCUT2D eigenvalue weighted by Gasteiger charge is 2.19. The topological polar surface area (TPSA) is 78.9 Å². The second-order valence-electron chi connectivity index (χ2n) is 20.6. The number of carbonyl (C=O) groups excluding carboxylic acids is 3. The van der Waals surface area contributed by atoms with Crippen molar-refractivity contribution < 1.29 is 28.6 Å². The molecule has 6 nitrogen and oxygen atoms in total. The third-order valence-electron chi connectivity index (χ3n) is 13.4. The molecule has 0 saturated heterocycles. The normalized spacial score (nSPS) is 12.5. The van der Waals surface area contributed by atoms with Crippen LogP contribution >= 0.6 is 0 Å². The van der Waals surface area contributed by atoms with Crippen molar-refractivity contribution >= 4 is 17.9 Å². The van der Waals surface area contributed by atoms with Crippen molar-refractivity contribution in [1.29, 1.82) is 0 Å². The summed E-state index contributed by atoms with van der Waals surface area (Å²) in [6, 6.07) is 0. The molecule has 0 rings (SSSR count). The van der Waals surface area contributed by atoms with Gasteiger partial charge in [0.15, 0.2) is 6.10 Å². The summed E-state index contributed by atoms with van der Waals surface area (Å²) in [7, 11) is 0. The van der Waals surface area contributed by atoms with E-state index in [1.807, 2.05) is 0 Å². The molecule has 0 heterocycles. The van der Waals surface area contributed by atoms with Gasteiger partial charge >= 0.3 is 17.9 Å². The Bertz CT molecular complexity index is 1340. The first kappa shape index (κ1) is 68.8. The summed E-state index contributed by atoms with van der Waals surface area (Å²) in [5.74, 6) is -0.887. The molecule has 416 valence electrons. The third kappa shape index (κ3) is 57.7. The quantitative estimate of drug-likeness (QED) is 0.0261. The predicted octanol–water partition coefficient (Wildman–Crippen LogP) is 20.9. The number of carbonyl (C=O) groups is 3. The van der Waals surface area contributed by atoms with E-state index >= 15 is 0 Å². The van der Waals surface area contributed by atoms with Crippen molar-refractivity contribution in [3.63, 3.8) is 0 Å². The molecule has 6 heteroatoms. The minimum absolute atomic E-state index is 0.0798. The Morgan fingerprint density at radius 2 is 0.500 bits per heavy atom. The van der Waals surface area contributed by atoms with Crippen LogP contribution in [0.5, 0.6) is 0 Å². The molecule has 0 aliphatic carbocycles. The summed E-state index contributed by atoms with van der Waals surface area (Å²) in [5.41, 5.74) is 0. The SMILES string of the molecule is CCCCC/C=C\C/C=C\C/C=C\CCCCCCCCC(=O)OC(COC(=O)CCCCCCCCCCCC)COC(=O)CCCCCCCCCCCC/C=C\C/C=C\C/C=C\CCCCCCC. The van der Waals surface area contributed by atoms with Gasteiger partial charge in [0.1, 0.15) is 13.2 Å². The summed E-state index contributed by atoms with van der Waals surface area (Å²) in [6.45, 7) is 6.60. The number of ether oxygens (including phenoxy) is 3. The van der Waals surface area contributed by atoms with E-state index in [9.17, 15) is 14.4 Å². The summed E-state index contributed by atoms with van der Waals surface area (Å²) in [6.07, 6.45) is 77.6. The third-order valence-corrected chi connectivity index (χ3v) is 13.4. The van der Waals surface area contributed by atoms with E-state index in [-0.39, 0.29) is 31.1 Å². The van der Waals surface area contributed by atoms with E-state index in [1.165, 1.54) is 173 Å². The number of allylic oxidation sites excluding steroid dienone is 12. The molecule has 0 radical (unpaired) electrons. The lowest BCUT2D eigenvalue weighted by molar-refractivity contribution is -0.167. The van der Waals surface area contributed by atoms with Crippen molar-refractivity contribution in [2.75, 3.05) is 13.2 Å². The molecule has 0 amide bonds. The monoisotopic (exact) mass is 1000 g/mol. The lowest BCUT2D eigenvalue weighted by Gasteiger charge is -2.18. The van der Waals surface area contributed by atoms with Gasteiger partial charge in [0.25, 0.3) is 0 Å². The van der Waals surface area contributed by atoms with E-state index in [1.54, 1.807) is 0 Å². The highest BCUT2D eigenvalue weighted by molar-refractivity contribution is 5.71. The van der Waals surface area contributed by atoms with Crippen LogP contribution in [0.15, 0.2) is 72.9 Å². The minimum atomic E-state index is -0.783. The van der Waals surface area contributed by atoms with Gasteiger partial charge in [-0.1, -0.05) is 267 Å². The van der Waals surface area contributed by atoms with Crippen LogP contribution in [-0.4, -0.2) is 37.2 Å². The lowest BCUT2D eigenvalue weighted by Crippen LogP contribution is -2.30. The fraction of sp³-hybridized carbons (Fsp3) is 0.773. The smallest absolute Gasteiger partial charge is 0.306 e. The van der Waals surface area contributed by atoms with Crippen molar-refractivity contribution in [1.82, 2.24) is 0 Å². The standard InChI is InChI=1S/C66H116O6/c1-4-7-10-13-16-19-22-24-26-28-30-31-32-33-34-35-37-38-40-42-44-47-50-53-56-59-65(68)71-62-63(61-70-64(67)58-55-52-49-46-21-18-15-12-9-6-3)72-66(69)60-57-54-51-48-45-43-41-39-36-29-27-25-23-20-17-14-11-8-5-2/h17,20,22,24-25,27-28,30,32-33,36,39,63H,4-16,18-19,21,23,26,29,31,34-35,37-38,40-62H2,1-3H3/b20-17-,24-22-,27-25-,30-28-,33-32-,39-36-. The van der Waals surface area contributed by atoms with Gasteiger partial charge < -0.3 is 14.2 Å². The summed E-state index contributed by atoms with van der Waals surface area (Å²) in [5, 5.41) is 0. The molecule has 1 atom stereocenters. The predicted molar refractivity (Wildman–Crippen MR) is 311 cm³/mol. The van der Waals surface area contributed by atoms with Crippen LogP contribution in [0.4, 0.5) is 0 Å². The van der Waals surface area contributed by atoms with Crippen LogP contribution < -0.4 is 0 Å². The second-order valence-corrected chi connectivity index (χ2v) is 20.6. The van der Waals surface area contributed by atoms with Crippen molar-refractivity contribution in [2.45, 2.75) is 316 Å². The number of rotatable bonds is 56. The number of unbranched alkanes of at least 4 members (excludes halogenated alkanes) is 33. The average Bonchev–Trinajstić information content (AvgIpc) is 3.38. The Labute approximate surface area is 446 Å². The van der Waals surface area contributed by atoms with Gasteiger partial charge in [-0.2, -0.15) is 0 Å². The Hall–Kier alpha value is -3.15. The van der Waals surface area contributed by atoms with E-state index in [0.717, 1.165) is 96.3 Å². The largest absolute Gasteiger partial charge is 0.462 e. The first-order chi connectivity index (χ1) is 35.5. The minimum Gasteiger partial charge on any atom is -0.462 e. The summed E-state index contributed by atoms with van der Waals surface area (Å²) >= 11 is 0. The molecule has 0 saturated carbocycles. The van der Waals surface area contributed by atoms with Gasteiger partial charge in [0, 0.05) is 19.3 Å². The zero-order valence-corrected chi connectivity index (χ0v) is 47.7. The number of hydrogen-bond donors (Lipinski definition) is 0. The highest BCUT2D eigenvalue weighted by Crippen LogP contribution is 2.16. The van der Waals surface area contributed by atoms with Gasteiger partial charge in [-0.05, 0) is 96.3 Å². The van der Waals surface area contributed by atoms with Crippen LogP contribution in [0.2, 0.25) is 0 Å². The van der Waals surface area contributed by atoms with Crippen molar-refractivity contribution in [3.8, 4) is 0 Å². The molecule has 0 aromatic carbocycles. The zero-order valence-electron chi connectivity index (χ0n) is 47.7. The molecule has 0 N–H and O–H groups in total. The van der Waals surface area contributed by atoms with Crippen LogP contribution in [0.1, 0.15) is 310 Å². The summed E-state index contributed by atoms with van der Waals surface area (Å²) < 4.78 is 16.9. The first-order valence-electron chi connectivity index (χ1n) is 30.9. The van der Waals surface area contributed by atoms with Crippen molar-refractivity contribution in [3.05, 3.63) is 72.9 Å². The van der Waals surface area contributed by atoms with Gasteiger partial charge in [-0.15, -0.1) is 0 Å². The van der Waals surface area contributed by atoms with Gasteiger partial charge in [-0.3, -0.25) is 14.4 Å². The van der Waals surface area contributed by atoms with Crippen LogP contribution in [0.3, 0.4) is 0 Å². The molecule has 1 unspecified atom stereocenters. The zero-order chi connectivity index (χ0) is 52.2. The fourth-order valence-corrected chi connectivity index (χ4v) is 8.75. The molecule has 0 aromatic rings. The maximum Gasteiger partial charge on any atom is 0.306 e. The summed E-state index contributed by atoms with van der Waals surface area (Å²) in [4.78, 5) is 38.2. The van der Waals surface area contributed by atoms with Crippen LogP contribution in [-0.2, 0) is 28.6 Å². The van der Waals surface area contributed by atoms with Gasteiger partial charge in [-0.25, -0.2) is 0 Å². The Balaban J connectivity index is 4.28.